The number of nitrogens with zero attached hydrogens (tertiary/aromatic N) is 3. The lowest BCUT2D eigenvalue weighted by Crippen LogP contribution is -2.17. The summed E-state index contributed by atoms with van der Waals surface area (Å²) in [6.07, 6.45) is 1.90. The van der Waals surface area contributed by atoms with E-state index in [9.17, 15) is 5.11 Å². The molecular formula is C75H79N3O. The van der Waals surface area contributed by atoms with Crippen LogP contribution in [0.25, 0.3) is 95.0 Å². The number of rotatable bonds is 8. The van der Waals surface area contributed by atoms with E-state index in [0.717, 1.165) is 94.7 Å². The molecule has 0 saturated heterocycles. The van der Waals surface area contributed by atoms with Crippen LogP contribution in [0.15, 0.2) is 182 Å². The van der Waals surface area contributed by atoms with Gasteiger partial charge in [0.15, 0.2) is 0 Å². The van der Waals surface area contributed by atoms with Gasteiger partial charge >= 0.3 is 0 Å². The molecule has 1 N–H and O–H groups in total. The summed E-state index contributed by atoms with van der Waals surface area (Å²) in [7, 11) is 0. The minimum atomic E-state index is -2.46. The molecule has 0 fully saturated rings. The Balaban J connectivity index is 1.31. The van der Waals surface area contributed by atoms with Gasteiger partial charge in [0.2, 0.25) is 0 Å². The zero-order valence-corrected chi connectivity index (χ0v) is 49.1. The molecule has 4 heteroatoms. The number of hydrogen-bond donors (Lipinski definition) is 1. The molecule has 0 aliphatic heterocycles. The average Bonchev–Trinajstić information content (AvgIpc) is 4.03. The van der Waals surface area contributed by atoms with Crippen LogP contribution in [0.2, 0.25) is 0 Å². The summed E-state index contributed by atoms with van der Waals surface area (Å²) >= 11 is 0. The van der Waals surface area contributed by atoms with Gasteiger partial charge in [-0.3, -0.25) is 9.55 Å². The van der Waals surface area contributed by atoms with Gasteiger partial charge in [-0.25, -0.2) is 4.98 Å². The molecule has 400 valence electrons. The van der Waals surface area contributed by atoms with E-state index in [1.165, 1.54) is 11.1 Å². The van der Waals surface area contributed by atoms with Crippen molar-refractivity contribution in [1.82, 2.24) is 14.5 Å². The van der Waals surface area contributed by atoms with Crippen molar-refractivity contribution in [3.63, 3.8) is 0 Å². The second kappa shape index (κ2) is 20.1. The Labute approximate surface area is 475 Å². The van der Waals surface area contributed by atoms with E-state index in [2.05, 4.69) is 242 Å². The lowest BCUT2D eigenvalue weighted by atomic mass is 9.79. The first kappa shape index (κ1) is 50.7. The number of fused-ring (bicyclic) bond motifs is 1. The monoisotopic (exact) mass is 1040 g/mol. The largest absolute Gasteiger partial charge is 0.507 e. The Morgan fingerprint density at radius 2 is 0.924 bits per heavy atom. The Bertz CT molecular complexity index is 4000. The van der Waals surface area contributed by atoms with Gasteiger partial charge in [0.05, 0.1) is 28.0 Å². The number of aromatic nitrogens is 3. The molecule has 8 aromatic carbocycles. The molecule has 10 aromatic rings. The molecular weight excluding hydrogens is 959 g/mol. The Morgan fingerprint density at radius 1 is 0.392 bits per heavy atom. The predicted octanol–water partition coefficient (Wildman–Crippen LogP) is 20.6. The Kier molecular flexibility index (Phi) is 12.9. The summed E-state index contributed by atoms with van der Waals surface area (Å²) in [5, 5.41) is 12.9. The molecule has 79 heavy (non-hydrogen) atoms. The van der Waals surface area contributed by atoms with E-state index in [1.807, 2.05) is 48.7 Å². The number of aromatic hydroxyl groups is 1. The van der Waals surface area contributed by atoms with Crippen LogP contribution in [0.3, 0.4) is 0 Å². The molecule has 0 amide bonds. The van der Waals surface area contributed by atoms with Gasteiger partial charge in [0, 0.05) is 32.6 Å². The molecule has 2 aromatic heterocycles. The molecule has 0 saturated carbocycles. The Morgan fingerprint density at radius 3 is 1.48 bits per heavy atom. The first-order chi connectivity index (χ1) is 38.3. The molecule has 2 heterocycles. The SMILES string of the molecule is [2H]C([2H])([2H])c1cc(-c2ccc(C(C)(C)C)cc2)c(-n2c(-c3cc(C(C)(C)C)cc(C(C)(C)C)c3O)nc3c(-c4cc(-c5ccc(C(C)(C)C)cc5)cc(-c5cc(-c6ccc(C(C)(C)C)cc6)ccn5)c4)cccc32)cc1-c1ccccc1. The molecule has 0 spiro atoms. The number of aryl methyl sites for hydroxylation is 1. The predicted molar refractivity (Wildman–Crippen MR) is 337 cm³/mol. The molecule has 0 aliphatic carbocycles. The zero-order chi connectivity index (χ0) is 59.1. The van der Waals surface area contributed by atoms with E-state index < -0.39 is 12.3 Å². The van der Waals surface area contributed by atoms with Gasteiger partial charge in [-0.1, -0.05) is 225 Å². The van der Waals surface area contributed by atoms with Gasteiger partial charge in [0.25, 0.3) is 0 Å². The van der Waals surface area contributed by atoms with Crippen molar-refractivity contribution in [2.45, 2.75) is 138 Å². The number of hydrogen-bond acceptors (Lipinski definition) is 3. The molecule has 0 bridgehead atoms. The van der Waals surface area contributed by atoms with E-state index in [0.29, 0.717) is 17.0 Å². The van der Waals surface area contributed by atoms with Crippen molar-refractivity contribution in [3.8, 4) is 89.7 Å². The molecule has 0 atom stereocenters. The summed E-state index contributed by atoms with van der Waals surface area (Å²) < 4.78 is 29.4. The highest BCUT2D eigenvalue weighted by Gasteiger charge is 2.30. The van der Waals surface area contributed by atoms with E-state index in [-0.39, 0.29) is 33.0 Å². The van der Waals surface area contributed by atoms with Gasteiger partial charge in [-0.05, 0) is 161 Å². The van der Waals surface area contributed by atoms with Crippen LogP contribution in [-0.4, -0.2) is 19.6 Å². The van der Waals surface area contributed by atoms with E-state index in [4.69, 9.17) is 14.1 Å². The third-order valence-electron chi connectivity index (χ3n) is 15.7. The maximum Gasteiger partial charge on any atom is 0.149 e. The molecule has 0 aliphatic rings. The van der Waals surface area contributed by atoms with Gasteiger partial charge in [0.1, 0.15) is 11.6 Å². The maximum absolute atomic E-state index is 12.9. The smallest absolute Gasteiger partial charge is 0.149 e. The number of pyridine rings is 1. The number of phenols is 1. The number of phenolic OH excluding ortho intramolecular Hbond substituents is 1. The molecule has 0 radical (unpaired) electrons. The molecule has 10 rings (SSSR count). The van der Waals surface area contributed by atoms with Gasteiger partial charge < -0.3 is 5.11 Å². The first-order valence-corrected chi connectivity index (χ1v) is 27.9. The fourth-order valence-corrected chi connectivity index (χ4v) is 10.8. The second-order valence-electron chi connectivity index (χ2n) is 26.9. The Hall–Kier alpha value is -7.82. The van der Waals surface area contributed by atoms with E-state index in [1.54, 1.807) is 0 Å². The second-order valence-corrected chi connectivity index (χ2v) is 26.9. The fraction of sp³-hybridized carbons (Fsp3) is 0.280. The fourth-order valence-electron chi connectivity index (χ4n) is 10.8. The molecule has 4 nitrogen and oxygen atoms in total. The van der Waals surface area contributed by atoms with Crippen molar-refractivity contribution < 1.29 is 9.22 Å². The highest BCUT2D eigenvalue weighted by atomic mass is 16.3. The van der Waals surface area contributed by atoms with Crippen molar-refractivity contribution in [2.24, 2.45) is 0 Å². The van der Waals surface area contributed by atoms with Crippen molar-refractivity contribution in [3.05, 3.63) is 216 Å². The van der Waals surface area contributed by atoms with Crippen LogP contribution in [0.4, 0.5) is 0 Å². The van der Waals surface area contributed by atoms with Crippen LogP contribution in [-0.2, 0) is 27.1 Å². The first-order valence-electron chi connectivity index (χ1n) is 29.4. The summed E-state index contributed by atoms with van der Waals surface area (Å²) in [6.45, 7) is 30.6. The van der Waals surface area contributed by atoms with Crippen LogP contribution >= 0.6 is 0 Å². The average molecular weight is 1040 g/mol. The summed E-state index contributed by atoms with van der Waals surface area (Å²) in [5.74, 6) is 0.685. The third kappa shape index (κ3) is 11.0. The normalized spacial score (nSPS) is 13.3. The topological polar surface area (TPSA) is 50.9 Å². The maximum atomic E-state index is 12.9. The number of para-hydroxylation sites is 1. The van der Waals surface area contributed by atoms with Gasteiger partial charge in [-0.15, -0.1) is 0 Å². The number of benzene rings is 8. The molecule has 0 unspecified atom stereocenters. The van der Waals surface area contributed by atoms with E-state index >= 15 is 0 Å². The summed E-state index contributed by atoms with van der Waals surface area (Å²) in [6, 6.07) is 61.5. The van der Waals surface area contributed by atoms with Crippen LogP contribution in [0, 0.1) is 6.85 Å². The third-order valence-corrected chi connectivity index (χ3v) is 15.7. The summed E-state index contributed by atoms with van der Waals surface area (Å²) in [4.78, 5) is 10.9. The van der Waals surface area contributed by atoms with Crippen molar-refractivity contribution in [1.29, 1.82) is 0 Å². The lowest BCUT2D eigenvalue weighted by Gasteiger charge is -2.28. The van der Waals surface area contributed by atoms with Crippen molar-refractivity contribution in [2.75, 3.05) is 0 Å². The van der Waals surface area contributed by atoms with Crippen LogP contribution in [0.1, 0.15) is 141 Å². The van der Waals surface area contributed by atoms with Crippen LogP contribution < -0.4 is 0 Å². The zero-order valence-electron chi connectivity index (χ0n) is 52.1. The van der Waals surface area contributed by atoms with Crippen molar-refractivity contribution >= 4 is 11.0 Å². The standard InChI is InChI=1S/C75H79N3O/c1-47-39-62(51-29-35-58(36-30-51)73(8,9)10)67(46-61(47)50-21-18-17-19-22-50)78-66-24-20-23-60(68(66)77-70(78)63-44-59(74(11,12)13)45-64(69(63)79)75(14,15)16)54-40-53(49-27-33-57(34-28-49)72(5,6)7)41-55(42-54)65-43-52(37-38-76-65)48-25-31-56(32-26-48)71(2,3)4/h17-46,79H,1-16H3/i1D3. The van der Waals surface area contributed by atoms with Crippen LogP contribution in [0.5, 0.6) is 5.75 Å². The minimum absolute atomic E-state index is 0.0215. The number of imidazole rings is 1. The summed E-state index contributed by atoms with van der Waals surface area (Å²) in [5.41, 5.74) is 18.7. The highest BCUT2D eigenvalue weighted by molar-refractivity contribution is 5.99. The quantitative estimate of drug-likeness (QED) is 0.165. The lowest BCUT2D eigenvalue weighted by molar-refractivity contribution is 0.446. The highest BCUT2D eigenvalue weighted by Crippen LogP contribution is 2.47. The van der Waals surface area contributed by atoms with Gasteiger partial charge in [-0.2, -0.15) is 0 Å². The minimum Gasteiger partial charge on any atom is -0.507 e.